The van der Waals surface area contributed by atoms with Gasteiger partial charge < -0.3 is 0 Å². The standard InChI is InChI=1S/C13H15NO2Se/c1-2-16-13(15)11(8-9-14)10-17-12-6-4-3-5-7-12/h3-7,11H,2,8,10H2,1H3. The molecule has 0 aliphatic heterocycles. The summed E-state index contributed by atoms with van der Waals surface area (Å²) in [5.41, 5.74) is 0. The SMILES string of the molecule is CCOC(=O)C(CC#N)C[Se]c1ccccc1. The molecule has 0 bridgehead atoms. The first-order valence-corrected chi connectivity index (χ1v) is 7.56. The van der Waals surface area contributed by atoms with Crippen LogP contribution in [0.5, 0.6) is 0 Å². The van der Waals surface area contributed by atoms with Crippen molar-refractivity contribution in [2.75, 3.05) is 6.61 Å². The minimum atomic E-state index is -0.278. The maximum atomic E-state index is 11.6. The minimum absolute atomic E-state index is 0.218. The third-order valence-electron chi connectivity index (χ3n) is 2.15. The van der Waals surface area contributed by atoms with Crippen molar-refractivity contribution in [1.82, 2.24) is 0 Å². The number of rotatable bonds is 6. The Bertz CT molecular complexity index is 386. The monoisotopic (exact) mass is 297 g/mol. The van der Waals surface area contributed by atoms with Gasteiger partial charge in [-0.2, -0.15) is 0 Å². The molecule has 1 unspecified atom stereocenters. The summed E-state index contributed by atoms with van der Waals surface area (Å²) in [6.07, 6.45) is 0.243. The van der Waals surface area contributed by atoms with Gasteiger partial charge in [0.1, 0.15) is 0 Å². The van der Waals surface area contributed by atoms with E-state index in [1.165, 1.54) is 4.46 Å². The number of carbonyl (C=O) groups excluding carboxylic acids is 1. The van der Waals surface area contributed by atoms with Crippen LogP contribution in [0.1, 0.15) is 13.3 Å². The number of hydrogen-bond donors (Lipinski definition) is 0. The van der Waals surface area contributed by atoms with Crippen LogP contribution < -0.4 is 4.46 Å². The third kappa shape index (κ3) is 5.03. The predicted molar refractivity (Wildman–Crippen MR) is 67.0 cm³/mol. The van der Waals surface area contributed by atoms with Gasteiger partial charge in [-0.3, -0.25) is 0 Å². The summed E-state index contributed by atoms with van der Waals surface area (Å²) in [7, 11) is 0. The number of benzene rings is 1. The number of esters is 1. The molecular formula is C13H15NO2Se. The Morgan fingerprint density at radius 1 is 1.47 bits per heavy atom. The molecule has 0 fully saturated rings. The molecule has 4 heteroatoms. The van der Waals surface area contributed by atoms with Crippen LogP contribution in [-0.4, -0.2) is 27.5 Å². The molecule has 0 saturated carbocycles. The van der Waals surface area contributed by atoms with E-state index in [2.05, 4.69) is 18.2 Å². The second-order valence-corrected chi connectivity index (χ2v) is 5.73. The first kappa shape index (κ1) is 13.8. The molecule has 3 nitrogen and oxygen atoms in total. The zero-order valence-electron chi connectivity index (χ0n) is 9.76. The van der Waals surface area contributed by atoms with E-state index in [0.29, 0.717) is 6.61 Å². The fraction of sp³-hybridized carbons (Fsp3) is 0.385. The molecule has 1 rings (SSSR count). The molecule has 1 aromatic rings. The van der Waals surface area contributed by atoms with Gasteiger partial charge in [0.15, 0.2) is 0 Å². The predicted octanol–water partition coefficient (Wildman–Crippen LogP) is 1.53. The van der Waals surface area contributed by atoms with Gasteiger partial charge >= 0.3 is 108 Å². The van der Waals surface area contributed by atoms with Gasteiger partial charge in [-0.15, -0.1) is 0 Å². The molecule has 0 aliphatic rings. The topological polar surface area (TPSA) is 50.1 Å². The fourth-order valence-corrected chi connectivity index (χ4v) is 3.39. The molecule has 90 valence electrons. The molecule has 0 aliphatic carbocycles. The van der Waals surface area contributed by atoms with Gasteiger partial charge in [0.25, 0.3) is 0 Å². The van der Waals surface area contributed by atoms with Crippen molar-refractivity contribution in [2.24, 2.45) is 5.92 Å². The third-order valence-corrected chi connectivity index (χ3v) is 4.62. The molecule has 1 aromatic carbocycles. The van der Waals surface area contributed by atoms with Gasteiger partial charge in [0.2, 0.25) is 0 Å². The quantitative estimate of drug-likeness (QED) is 0.591. The van der Waals surface area contributed by atoms with E-state index in [-0.39, 0.29) is 33.3 Å². The molecule has 1 atom stereocenters. The molecule has 0 saturated heterocycles. The van der Waals surface area contributed by atoms with Crippen molar-refractivity contribution in [3.8, 4) is 6.07 Å². The summed E-state index contributed by atoms with van der Waals surface area (Å²) in [5.74, 6) is -0.521. The van der Waals surface area contributed by atoms with E-state index >= 15 is 0 Å². The van der Waals surface area contributed by atoms with Crippen LogP contribution >= 0.6 is 0 Å². The van der Waals surface area contributed by atoms with Gasteiger partial charge in [-0.1, -0.05) is 0 Å². The average Bonchev–Trinajstić information content (AvgIpc) is 2.36. The Morgan fingerprint density at radius 2 is 2.18 bits per heavy atom. The molecule has 0 spiro atoms. The number of hydrogen-bond acceptors (Lipinski definition) is 3. The van der Waals surface area contributed by atoms with Crippen LogP contribution in [0.2, 0.25) is 5.32 Å². The molecule has 0 aromatic heterocycles. The van der Waals surface area contributed by atoms with Crippen molar-refractivity contribution in [3.63, 3.8) is 0 Å². The molecule has 0 N–H and O–H groups in total. The van der Waals surface area contributed by atoms with Gasteiger partial charge in [0.05, 0.1) is 0 Å². The summed E-state index contributed by atoms with van der Waals surface area (Å²) in [6.45, 7) is 2.16. The molecule has 0 amide bonds. The van der Waals surface area contributed by atoms with Crippen LogP contribution in [0, 0.1) is 17.2 Å². The number of nitrogens with zero attached hydrogens (tertiary/aromatic N) is 1. The Kier molecular flexibility index (Phi) is 6.39. The molecule has 17 heavy (non-hydrogen) atoms. The normalized spacial score (nSPS) is 11.5. The maximum absolute atomic E-state index is 11.6. The van der Waals surface area contributed by atoms with Crippen molar-refractivity contribution < 1.29 is 9.53 Å². The van der Waals surface area contributed by atoms with Crippen LogP contribution in [-0.2, 0) is 9.53 Å². The van der Waals surface area contributed by atoms with E-state index in [1.54, 1.807) is 6.92 Å². The van der Waals surface area contributed by atoms with Crippen LogP contribution in [0.3, 0.4) is 0 Å². The van der Waals surface area contributed by atoms with Crippen LogP contribution in [0.4, 0.5) is 0 Å². The van der Waals surface area contributed by atoms with E-state index < -0.39 is 0 Å². The van der Waals surface area contributed by atoms with E-state index in [0.717, 1.165) is 5.32 Å². The van der Waals surface area contributed by atoms with E-state index in [9.17, 15) is 4.79 Å². The Hall–Kier alpha value is -1.30. The molecule has 0 heterocycles. The summed E-state index contributed by atoms with van der Waals surface area (Å²) < 4.78 is 6.21. The van der Waals surface area contributed by atoms with Crippen molar-refractivity contribution in [2.45, 2.75) is 18.7 Å². The summed E-state index contributed by atoms with van der Waals surface area (Å²) >= 11 is 0.218. The number of ether oxygens (including phenoxy) is 1. The number of carbonyl (C=O) groups is 1. The number of nitriles is 1. The molecule has 0 radical (unpaired) electrons. The van der Waals surface area contributed by atoms with Crippen LogP contribution in [0.15, 0.2) is 30.3 Å². The summed E-state index contributed by atoms with van der Waals surface area (Å²) in [5, 5.41) is 9.43. The summed E-state index contributed by atoms with van der Waals surface area (Å²) in [6, 6.07) is 12.1. The summed E-state index contributed by atoms with van der Waals surface area (Å²) in [4.78, 5) is 11.6. The Morgan fingerprint density at radius 3 is 2.76 bits per heavy atom. The van der Waals surface area contributed by atoms with E-state index in [1.807, 2.05) is 18.2 Å². The van der Waals surface area contributed by atoms with Crippen molar-refractivity contribution >= 4 is 25.4 Å². The average molecular weight is 296 g/mol. The second kappa shape index (κ2) is 7.89. The zero-order valence-corrected chi connectivity index (χ0v) is 11.5. The van der Waals surface area contributed by atoms with Gasteiger partial charge in [0, 0.05) is 0 Å². The first-order valence-electron chi connectivity index (χ1n) is 5.49. The molecular weight excluding hydrogens is 281 g/mol. The Balaban J connectivity index is 2.50. The van der Waals surface area contributed by atoms with Gasteiger partial charge in [-0.05, 0) is 0 Å². The van der Waals surface area contributed by atoms with Crippen molar-refractivity contribution in [1.29, 1.82) is 5.26 Å². The zero-order chi connectivity index (χ0) is 12.5. The second-order valence-electron chi connectivity index (χ2n) is 3.44. The first-order chi connectivity index (χ1) is 8.27. The van der Waals surface area contributed by atoms with E-state index in [4.69, 9.17) is 10.00 Å². The van der Waals surface area contributed by atoms with Gasteiger partial charge in [-0.25, -0.2) is 0 Å². The van der Waals surface area contributed by atoms with Crippen molar-refractivity contribution in [3.05, 3.63) is 30.3 Å². The fourth-order valence-electron chi connectivity index (χ4n) is 1.29. The Labute approximate surface area is 108 Å². The van der Waals surface area contributed by atoms with Crippen LogP contribution in [0.25, 0.3) is 0 Å².